The Bertz CT molecular complexity index is 1050. The number of rotatable bonds is 9. The number of esters is 1. The third kappa shape index (κ3) is 5.38. The fraction of sp³-hybridized carbons (Fsp3) is 0.458. The standard InChI is InChI=1S/C24H28ClN3O4S/c1-14-11-18(15(2)28(14)17-9-7-16(25)8-10-17)20(29)12-32-22(30)6-4-3-5-21-23-19(13-33-21)26-24(31)27-23/h7-11,19,21,23H,3-6,12-13H2,1-2H3,(H2,26,27,31). The first-order valence-electron chi connectivity index (χ1n) is 11.2. The van der Waals surface area contributed by atoms with Gasteiger partial charge in [0.25, 0.3) is 0 Å². The molecule has 2 saturated heterocycles. The number of hydrogen-bond acceptors (Lipinski definition) is 5. The molecule has 33 heavy (non-hydrogen) atoms. The highest BCUT2D eigenvalue weighted by Gasteiger charge is 2.42. The van der Waals surface area contributed by atoms with Crippen LogP contribution in [0, 0.1) is 13.8 Å². The maximum atomic E-state index is 12.7. The highest BCUT2D eigenvalue weighted by atomic mass is 35.5. The van der Waals surface area contributed by atoms with E-state index in [2.05, 4.69) is 10.6 Å². The zero-order valence-electron chi connectivity index (χ0n) is 18.7. The molecule has 3 heterocycles. The van der Waals surface area contributed by atoms with Crippen LogP contribution in [0.3, 0.4) is 0 Å². The van der Waals surface area contributed by atoms with Crippen molar-refractivity contribution in [3.63, 3.8) is 0 Å². The van der Waals surface area contributed by atoms with Crippen LogP contribution in [0.1, 0.15) is 47.4 Å². The van der Waals surface area contributed by atoms with E-state index in [9.17, 15) is 14.4 Å². The number of amides is 2. The average molecular weight is 490 g/mol. The molecule has 176 valence electrons. The van der Waals surface area contributed by atoms with Gasteiger partial charge in [-0.3, -0.25) is 9.59 Å². The van der Waals surface area contributed by atoms with Crippen molar-refractivity contribution in [2.75, 3.05) is 12.4 Å². The maximum absolute atomic E-state index is 12.7. The first kappa shape index (κ1) is 23.7. The minimum absolute atomic E-state index is 0.0857. The molecule has 0 radical (unpaired) electrons. The Morgan fingerprint density at radius 2 is 1.94 bits per heavy atom. The topological polar surface area (TPSA) is 89.4 Å². The molecule has 2 aliphatic rings. The van der Waals surface area contributed by atoms with Gasteiger partial charge in [0.1, 0.15) is 0 Å². The molecule has 9 heteroatoms. The van der Waals surface area contributed by atoms with Crippen molar-refractivity contribution >= 4 is 41.1 Å². The average Bonchev–Trinajstić information content (AvgIpc) is 3.42. The number of ether oxygens (including phenoxy) is 1. The summed E-state index contributed by atoms with van der Waals surface area (Å²) in [4.78, 5) is 36.3. The van der Waals surface area contributed by atoms with Crippen molar-refractivity contribution < 1.29 is 19.1 Å². The Hall–Kier alpha value is -2.45. The van der Waals surface area contributed by atoms with Crippen molar-refractivity contribution in [1.82, 2.24) is 15.2 Å². The number of halogens is 1. The van der Waals surface area contributed by atoms with E-state index in [0.29, 0.717) is 22.3 Å². The minimum atomic E-state index is -0.359. The van der Waals surface area contributed by atoms with Crippen LogP contribution in [0.25, 0.3) is 5.69 Å². The molecule has 0 spiro atoms. The summed E-state index contributed by atoms with van der Waals surface area (Å²) in [6.07, 6.45) is 2.81. The Labute approximate surface area is 202 Å². The molecule has 2 fully saturated rings. The van der Waals surface area contributed by atoms with Crippen LogP contribution in [0.15, 0.2) is 30.3 Å². The van der Waals surface area contributed by atoms with Crippen molar-refractivity contribution in [1.29, 1.82) is 0 Å². The van der Waals surface area contributed by atoms with Crippen LogP contribution in [-0.4, -0.2) is 52.0 Å². The van der Waals surface area contributed by atoms with Gasteiger partial charge in [0.15, 0.2) is 6.61 Å². The highest BCUT2D eigenvalue weighted by Crippen LogP contribution is 2.33. The lowest BCUT2D eigenvalue weighted by molar-refractivity contribution is -0.142. The minimum Gasteiger partial charge on any atom is -0.457 e. The summed E-state index contributed by atoms with van der Waals surface area (Å²) in [5, 5.41) is 6.94. The van der Waals surface area contributed by atoms with Crippen LogP contribution in [0.2, 0.25) is 5.02 Å². The maximum Gasteiger partial charge on any atom is 0.315 e. The molecule has 3 atom stereocenters. The van der Waals surface area contributed by atoms with Gasteiger partial charge in [-0.05, 0) is 57.0 Å². The summed E-state index contributed by atoms with van der Waals surface area (Å²) in [6.45, 7) is 3.55. The zero-order valence-corrected chi connectivity index (χ0v) is 20.3. The molecule has 1 aromatic heterocycles. The van der Waals surface area contributed by atoms with Gasteiger partial charge >= 0.3 is 12.0 Å². The Morgan fingerprint density at radius 3 is 2.70 bits per heavy atom. The number of benzene rings is 1. The molecule has 4 rings (SSSR count). The first-order valence-corrected chi connectivity index (χ1v) is 12.6. The Morgan fingerprint density at radius 1 is 1.18 bits per heavy atom. The van der Waals surface area contributed by atoms with Crippen LogP contribution >= 0.6 is 23.4 Å². The second kappa shape index (κ2) is 10.2. The number of ketones is 1. The normalized spacial score (nSPS) is 21.4. The molecule has 3 unspecified atom stereocenters. The summed E-state index contributed by atoms with van der Waals surface area (Å²) in [7, 11) is 0. The van der Waals surface area contributed by atoms with E-state index >= 15 is 0 Å². The van der Waals surface area contributed by atoms with Gasteiger partial charge in [0, 0.05) is 45.1 Å². The second-order valence-electron chi connectivity index (χ2n) is 8.55. The van der Waals surface area contributed by atoms with Crippen molar-refractivity contribution in [2.24, 2.45) is 0 Å². The van der Waals surface area contributed by atoms with E-state index < -0.39 is 0 Å². The Balaban J connectivity index is 1.22. The van der Waals surface area contributed by atoms with Gasteiger partial charge in [-0.15, -0.1) is 0 Å². The van der Waals surface area contributed by atoms with E-state index in [1.807, 2.05) is 60.5 Å². The molecular formula is C24H28ClN3O4S. The summed E-state index contributed by atoms with van der Waals surface area (Å²) in [5.41, 5.74) is 3.20. The molecule has 7 nitrogen and oxygen atoms in total. The number of unbranched alkanes of at least 4 members (excludes halogenated alkanes) is 1. The number of aryl methyl sites for hydroxylation is 1. The highest BCUT2D eigenvalue weighted by molar-refractivity contribution is 8.00. The smallest absolute Gasteiger partial charge is 0.315 e. The monoisotopic (exact) mass is 489 g/mol. The van der Waals surface area contributed by atoms with Gasteiger partial charge in [0.05, 0.1) is 12.1 Å². The van der Waals surface area contributed by atoms with Gasteiger partial charge < -0.3 is 19.9 Å². The predicted octanol–water partition coefficient (Wildman–Crippen LogP) is 4.20. The molecule has 2 aromatic rings. The number of carbonyl (C=O) groups is 3. The van der Waals surface area contributed by atoms with E-state index in [0.717, 1.165) is 35.7 Å². The Kier molecular flexibility index (Phi) is 7.34. The van der Waals surface area contributed by atoms with E-state index in [1.54, 1.807) is 0 Å². The quantitative estimate of drug-likeness (QED) is 0.238. The lowest BCUT2D eigenvalue weighted by Crippen LogP contribution is -2.36. The van der Waals surface area contributed by atoms with Crippen LogP contribution in [0.5, 0.6) is 0 Å². The number of carbonyl (C=O) groups excluding carboxylic acids is 3. The van der Waals surface area contributed by atoms with E-state index in [4.69, 9.17) is 16.3 Å². The number of thioether (sulfide) groups is 1. The van der Waals surface area contributed by atoms with E-state index in [-0.39, 0.29) is 42.9 Å². The fourth-order valence-corrected chi connectivity index (χ4v) is 6.26. The lowest BCUT2D eigenvalue weighted by atomic mass is 10.0. The van der Waals surface area contributed by atoms with Gasteiger partial charge in [-0.1, -0.05) is 18.0 Å². The second-order valence-corrected chi connectivity index (χ2v) is 10.3. The molecule has 0 aliphatic carbocycles. The van der Waals surface area contributed by atoms with Crippen LogP contribution < -0.4 is 10.6 Å². The fourth-order valence-electron chi connectivity index (χ4n) is 4.59. The zero-order chi connectivity index (χ0) is 23.5. The lowest BCUT2D eigenvalue weighted by Gasteiger charge is -2.16. The molecule has 2 aliphatic heterocycles. The predicted molar refractivity (Wildman–Crippen MR) is 129 cm³/mol. The van der Waals surface area contributed by atoms with Crippen molar-refractivity contribution in [3.05, 3.63) is 52.3 Å². The molecule has 2 amide bonds. The summed E-state index contributed by atoms with van der Waals surface area (Å²) < 4.78 is 7.24. The third-order valence-corrected chi connectivity index (χ3v) is 8.00. The SMILES string of the molecule is Cc1cc(C(=O)COC(=O)CCCCC2SCC3NC(=O)NC32)c(C)n1-c1ccc(Cl)cc1. The summed E-state index contributed by atoms with van der Waals surface area (Å²) >= 11 is 7.84. The third-order valence-electron chi connectivity index (χ3n) is 6.24. The summed E-state index contributed by atoms with van der Waals surface area (Å²) in [6, 6.07) is 9.55. The molecular weight excluding hydrogens is 462 g/mol. The first-order chi connectivity index (χ1) is 15.8. The number of nitrogens with one attached hydrogen (secondary N) is 2. The van der Waals surface area contributed by atoms with Gasteiger partial charge in [0.2, 0.25) is 5.78 Å². The molecule has 0 bridgehead atoms. The van der Waals surface area contributed by atoms with Crippen molar-refractivity contribution in [2.45, 2.75) is 56.9 Å². The van der Waals surface area contributed by atoms with Crippen LogP contribution in [-0.2, 0) is 9.53 Å². The van der Waals surface area contributed by atoms with Gasteiger partial charge in [-0.25, -0.2) is 4.79 Å². The number of aromatic nitrogens is 1. The number of fused-ring (bicyclic) bond motifs is 1. The van der Waals surface area contributed by atoms with Gasteiger partial charge in [-0.2, -0.15) is 11.8 Å². The number of nitrogens with zero attached hydrogens (tertiary/aromatic N) is 1. The van der Waals surface area contributed by atoms with Crippen LogP contribution in [0.4, 0.5) is 4.79 Å². The number of urea groups is 1. The van der Waals surface area contributed by atoms with E-state index in [1.165, 1.54) is 0 Å². The molecule has 2 N–H and O–H groups in total. The number of hydrogen-bond donors (Lipinski definition) is 2. The molecule has 1 aromatic carbocycles. The van der Waals surface area contributed by atoms with Crippen molar-refractivity contribution in [3.8, 4) is 5.69 Å². The summed E-state index contributed by atoms with van der Waals surface area (Å²) in [5.74, 6) is 0.355. The largest absolute Gasteiger partial charge is 0.457 e. The number of Topliss-reactive ketones (excluding diaryl/α,β-unsaturated/α-hetero) is 1. The molecule has 0 saturated carbocycles.